The molecule has 0 unspecified atom stereocenters. The number of nitrogens with one attached hydrogen (secondary N) is 1. The van der Waals surface area contributed by atoms with E-state index in [-0.39, 0.29) is 6.54 Å². The highest BCUT2D eigenvalue weighted by molar-refractivity contribution is 5.72. The van der Waals surface area contributed by atoms with Crippen LogP contribution < -0.4 is 5.32 Å². The van der Waals surface area contributed by atoms with E-state index in [4.69, 9.17) is 10.2 Å². The fraction of sp³-hybridized carbons (Fsp3) is 0.750. The Balaban J connectivity index is 4.28. The van der Waals surface area contributed by atoms with Crippen molar-refractivity contribution in [3.05, 3.63) is 0 Å². The van der Waals surface area contributed by atoms with Crippen molar-refractivity contribution >= 4 is 12.1 Å². The molecule has 13 heavy (non-hydrogen) atoms. The quantitative estimate of drug-likeness (QED) is 0.618. The Morgan fingerprint density at radius 2 is 1.77 bits per heavy atom. The van der Waals surface area contributed by atoms with Crippen molar-refractivity contribution in [2.75, 3.05) is 6.54 Å². The molecule has 5 nitrogen and oxygen atoms in total. The summed E-state index contributed by atoms with van der Waals surface area (Å²) >= 11 is 0. The van der Waals surface area contributed by atoms with Gasteiger partial charge in [0.1, 0.15) is 0 Å². The van der Waals surface area contributed by atoms with E-state index in [1.807, 2.05) is 0 Å². The van der Waals surface area contributed by atoms with Crippen LogP contribution in [0.2, 0.25) is 0 Å². The van der Waals surface area contributed by atoms with Gasteiger partial charge < -0.3 is 15.5 Å². The maximum absolute atomic E-state index is 10.7. The first kappa shape index (κ1) is 11.7. The van der Waals surface area contributed by atoms with Crippen molar-refractivity contribution in [1.82, 2.24) is 5.32 Å². The number of rotatable bonds is 3. The Morgan fingerprint density at radius 3 is 2.00 bits per heavy atom. The zero-order chi connectivity index (χ0) is 10.6. The predicted octanol–water partition coefficient (Wildman–Crippen LogP) is 1.00. The lowest BCUT2D eigenvalue weighted by atomic mass is 9.81. The number of amides is 1. The minimum absolute atomic E-state index is 0.0613. The Kier molecular flexibility index (Phi) is 3.71. The molecule has 0 aromatic carbocycles. The number of hydrogen-bond acceptors (Lipinski definition) is 2. The minimum Gasteiger partial charge on any atom is -0.481 e. The first-order valence-corrected chi connectivity index (χ1v) is 3.94. The first-order chi connectivity index (χ1) is 5.75. The molecule has 0 saturated carbocycles. The standard InChI is InChI=1S/C8H15NO4/c1-8(2,3)5(6(10)11)4-9-7(12)13/h5,9H,4H2,1-3H3,(H,10,11)(H,12,13)/t5-/m0/s1. The summed E-state index contributed by atoms with van der Waals surface area (Å²) in [6.07, 6.45) is -1.20. The maximum Gasteiger partial charge on any atom is 0.404 e. The maximum atomic E-state index is 10.7. The van der Waals surface area contributed by atoms with E-state index in [2.05, 4.69) is 5.32 Å². The Hall–Kier alpha value is -1.26. The Bertz CT molecular complexity index is 207. The van der Waals surface area contributed by atoms with Gasteiger partial charge in [0.2, 0.25) is 0 Å². The molecular formula is C8H15NO4. The molecule has 1 amide bonds. The highest BCUT2D eigenvalue weighted by Gasteiger charge is 2.31. The van der Waals surface area contributed by atoms with Crippen LogP contribution >= 0.6 is 0 Å². The van der Waals surface area contributed by atoms with Gasteiger partial charge in [-0.25, -0.2) is 4.79 Å². The molecule has 0 fully saturated rings. The Labute approximate surface area is 76.8 Å². The van der Waals surface area contributed by atoms with E-state index in [0.29, 0.717) is 0 Å². The Morgan fingerprint density at radius 1 is 1.31 bits per heavy atom. The van der Waals surface area contributed by atoms with Crippen LogP contribution in [0.4, 0.5) is 4.79 Å². The molecule has 0 aliphatic rings. The van der Waals surface area contributed by atoms with Gasteiger partial charge in [0, 0.05) is 6.54 Å². The van der Waals surface area contributed by atoms with E-state index in [0.717, 1.165) is 0 Å². The molecule has 76 valence electrons. The summed E-state index contributed by atoms with van der Waals surface area (Å²) < 4.78 is 0. The van der Waals surface area contributed by atoms with Gasteiger partial charge in [-0.3, -0.25) is 4.79 Å². The molecule has 0 radical (unpaired) electrons. The third-order valence-corrected chi connectivity index (χ3v) is 1.80. The first-order valence-electron chi connectivity index (χ1n) is 3.94. The van der Waals surface area contributed by atoms with Crippen LogP contribution in [0.3, 0.4) is 0 Å². The smallest absolute Gasteiger partial charge is 0.404 e. The van der Waals surface area contributed by atoms with Crippen LogP contribution in [0.1, 0.15) is 20.8 Å². The van der Waals surface area contributed by atoms with Crippen molar-refractivity contribution in [2.45, 2.75) is 20.8 Å². The summed E-state index contributed by atoms with van der Waals surface area (Å²) in [5.74, 6) is -1.69. The summed E-state index contributed by atoms with van der Waals surface area (Å²) in [7, 11) is 0. The molecule has 0 bridgehead atoms. The zero-order valence-corrected chi connectivity index (χ0v) is 8.00. The number of aliphatic carboxylic acids is 1. The van der Waals surface area contributed by atoms with Crippen molar-refractivity contribution in [3.63, 3.8) is 0 Å². The lowest BCUT2D eigenvalue weighted by Crippen LogP contribution is -2.39. The number of carboxylic acids is 1. The topological polar surface area (TPSA) is 86.6 Å². The predicted molar refractivity (Wildman–Crippen MR) is 46.6 cm³/mol. The summed E-state index contributed by atoms with van der Waals surface area (Å²) in [6.45, 7) is 5.22. The van der Waals surface area contributed by atoms with Crippen LogP contribution in [-0.2, 0) is 4.79 Å². The van der Waals surface area contributed by atoms with Crippen molar-refractivity contribution in [1.29, 1.82) is 0 Å². The minimum atomic E-state index is -1.20. The van der Waals surface area contributed by atoms with Gasteiger partial charge in [-0.15, -0.1) is 0 Å². The third-order valence-electron chi connectivity index (χ3n) is 1.80. The zero-order valence-electron chi connectivity index (χ0n) is 8.00. The lowest BCUT2D eigenvalue weighted by molar-refractivity contribution is -0.145. The second kappa shape index (κ2) is 4.11. The largest absolute Gasteiger partial charge is 0.481 e. The second-order valence-corrected chi connectivity index (χ2v) is 3.94. The van der Waals surface area contributed by atoms with Gasteiger partial charge in [-0.1, -0.05) is 20.8 Å². The number of carbonyl (C=O) groups is 2. The molecular weight excluding hydrogens is 174 g/mol. The number of hydrogen-bond donors (Lipinski definition) is 3. The average molecular weight is 189 g/mol. The molecule has 0 aliphatic heterocycles. The average Bonchev–Trinajstić information content (AvgIpc) is 1.81. The molecule has 0 spiro atoms. The van der Waals surface area contributed by atoms with Gasteiger partial charge in [0.05, 0.1) is 5.92 Å². The number of carboxylic acid groups (broad SMARTS) is 2. The van der Waals surface area contributed by atoms with Crippen LogP contribution in [0.5, 0.6) is 0 Å². The molecule has 0 aromatic heterocycles. The van der Waals surface area contributed by atoms with E-state index in [9.17, 15) is 9.59 Å². The molecule has 0 aromatic rings. The van der Waals surface area contributed by atoms with E-state index in [1.54, 1.807) is 20.8 Å². The molecule has 1 atom stereocenters. The summed E-state index contributed by atoms with van der Waals surface area (Å²) in [4.78, 5) is 20.9. The molecule has 0 rings (SSSR count). The second-order valence-electron chi connectivity index (χ2n) is 3.94. The highest BCUT2D eigenvalue weighted by atomic mass is 16.4. The highest BCUT2D eigenvalue weighted by Crippen LogP contribution is 2.25. The fourth-order valence-corrected chi connectivity index (χ4v) is 0.953. The summed E-state index contributed by atoms with van der Waals surface area (Å²) in [6, 6.07) is 0. The van der Waals surface area contributed by atoms with Crippen LogP contribution in [0.25, 0.3) is 0 Å². The SMILES string of the molecule is CC(C)(C)[C@@H](CNC(=O)O)C(=O)O. The molecule has 5 heteroatoms. The van der Waals surface area contributed by atoms with Gasteiger partial charge in [-0.05, 0) is 5.41 Å². The van der Waals surface area contributed by atoms with E-state index in [1.165, 1.54) is 0 Å². The fourth-order valence-electron chi connectivity index (χ4n) is 0.953. The van der Waals surface area contributed by atoms with Crippen molar-refractivity contribution < 1.29 is 19.8 Å². The monoisotopic (exact) mass is 189 g/mol. The van der Waals surface area contributed by atoms with Crippen LogP contribution in [0.15, 0.2) is 0 Å². The molecule has 0 aliphatic carbocycles. The molecule has 0 saturated heterocycles. The third kappa shape index (κ3) is 4.35. The van der Waals surface area contributed by atoms with Crippen molar-refractivity contribution in [3.8, 4) is 0 Å². The van der Waals surface area contributed by atoms with E-state index < -0.39 is 23.4 Å². The summed E-state index contributed by atoms with van der Waals surface area (Å²) in [5.41, 5.74) is -0.450. The van der Waals surface area contributed by atoms with Crippen molar-refractivity contribution in [2.24, 2.45) is 11.3 Å². The van der Waals surface area contributed by atoms with Gasteiger partial charge in [-0.2, -0.15) is 0 Å². The van der Waals surface area contributed by atoms with Crippen LogP contribution in [-0.4, -0.2) is 28.8 Å². The lowest BCUT2D eigenvalue weighted by Gasteiger charge is -2.26. The van der Waals surface area contributed by atoms with E-state index >= 15 is 0 Å². The van der Waals surface area contributed by atoms with Gasteiger partial charge in [0.25, 0.3) is 0 Å². The van der Waals surface area contributed by atoms with Gasteiger partial charge >= 0.3 is 12.1 Å². The van der Waals surface area contributed by atoms with Gasteiger partial charge in [0.15, 0.2) is 0 Å². The normalized spacial score (nSPS) is 13.5. The summed E-state index contributed by atoms with van der Waals surface area (Å²) in [5, 5.41) is 19.2. The van der Waals surface area contributed by atoms with Crippen LogP contribution in [0, 0.1) is 11.3 Å². The molecule has 0 heterocycles. The molecule has 3 N–H and O–H groups in total.